The van der Waals surface area contributed by atoms with Crippen LogP contribution in [0.5, 0.6) is 0 Å². The van der Waals surface area contributed by atoms with Crippen molar-refractivity contribution in [3.63, 3.8) is 0 Å². The molecule has 1 atom stereocenters. The van der Waals surface area contributed by atoms with E-state index in [1.54, 1.807) is 0 Å². The maximum Gasteiger partial charge on any atom is 0.185 e. The molecule has 0 bridgehead atoms. The fourth-order valence-corrected chi connectivity index (χ4v) is 2.65. The van der Waals surface area contributed by atoms with Gasteiger partial charge in [-0.25, -0.2) is 4.98 Å². The molecule has 0 aliphatic heterocycles. The maximum absolute atomic E-state index is 8.77. The molecule has 1 rings (SSSR count). The number of unbranched alkanes of at least 4 members (excludes halogenated alkanes) is 3. The van der Waals surface area contributed by atoms with E-state index >= 15 is 0 Å². The number of hydrogen-bond acceptors (Lipinski definition) is 4. The number of thiazole rings is 1. The molecule has 1 aromatic heterocycles. The zero-order valence-electron chi connectivity index (χ0n) is 10.3. The number of nitrogens with zero attached hydrogens (tertiary/aromatic N) is 2. The number of nitrogens with one attached hydrogen (secondary N) is 1. The summed E-state index contributed by atoms with van der Waals surface area (Å²) in [5.74, 6) is 0. The lowest BCUT2D eigenvalue weighted by Gasteiger charge is -2.12. The van der Waals surface area contributed by atoms with Crippen molar-refractivity contribution in [3.8, 4) is 6.07 Å². The second kappa shape index (κ2) is 7.52. The second-order valence-electron chi connectivity index (χ2n) is 4.15. The standard InChI is InChI=1S/C12H18ClN3S/c1-3-4-5-6-7-9(2)15-12-16-11(13)10(8-14)17-12/h9H,3-7H2,1-2H3,(H,15,16). The number of nitriles is 1. The lowest BCUT2D eigenvalue weighted by Crippen LogP contribution is -2.14. The van der Waals surface area contributed by atoms with Crippen molar-refractivity contribution in [2.24, 2.45) is 0 Å². The Morgan fingerprint density at radius 3 is 2.82 bits per heavy atom. The lowest BCUT2D eigenvalue weighted by molar-refractivity contribution is 0.594. The molecule has 0 saturated carbocycles. The van der Waals surface area contributed by atoms with E-state index in [9.17, 15) is 0 Å². The molecule has 17 heavy (non-hydrogen) atoms. The van der Waals surface area contributed by atoms with Crippen molar-refractivity contribution >= 4 is 28.1 Å². The van der Waals surface area contributed by atoms with E-state index in [4.69, 9.17) is 16.9 Å². The van der Waals surface area contributed by atoms with Crippen LogP contribution in [0.2, 0.25) is 5.15 Å². The first kappa shape index (κ1) is 14.3. The van der Waals surface area contributed by atoms with Gasteiger partial charge in [0.1, 0.15) is 10.9 Å². The molecule has 0 saturated heterocycles. The Hall–Kier alpha value is -0.790. The molecule has 0 radical (unpaired) electrons. The van der Waals surface area contributed by atoms with Crippen LogP contribution < -0.4 is 5.32 Å². The SMILES string of the molecule is CCCCCCC(C)Nc1nc(Cl)c(C#N)s1. The molecule has 0 amide bonds. The van der Waals surface area contributed by atoms with Gasteiger partial charge >= 0.3 is 0 Å². The molecule has 0 aliphatic rings. The maximum atomic E-state index is 8.77. The largest absolute Gasteiger partial charge is 0.359 e. The van der Waals surface area contributed by atoms with E-state index in [0.29, 0.717) is 16.1 Å². The van der Waals surface area contributed by atoms with Crippen molar-refractivity contribution in [2.45, 2.75) is 52.0 Å². The highest BCUT2D eigenvalue weighted by molar-refractivity contribution is 7.16. The van der Waals surface area contributed by atoms with Crippen LogP contribution in [0.4, 0.5) is 5.13 Å². The number of hydrogen-bond donors (Lipinski definition) is 1. The molecule has 5 heteroatoms. The van der Waals surface area contributed by atoms with E-state index in [1.807, 2.05) is 6.07 Å². The molecule has 0 spiro atoms. The van der Waals surface area contributed by atoms with Gasteiger partial charge in [0.25, 0.3) is 0 Å². The van der Waals surface area contributed by atoms with Crippen molar-refractivity contribution in [1.29, 1.82) is 5.26 Å². The Morgan fingerprint density at radius 1 is 1.47 bits per heavy atom. The van der Waals surface area contributed by atoms with Crippen LogP contribution in [0.25, 0.3) is 0 Å². The average molecular weight is 272 g/mol. The monoisotopic (exact) mass is 271 g/mol. The summed E-state index contributed by atoms with van der Waals surface area (Å²) in [6, 6.07) is 2.41. The topological polar surface area (TPSA) is 48.7 Å². The minimum Gasteiger partial charge on any atom is -0.359 e. The first-order valence-corrected chi connectivity index (χ1v) is 7.19. The van der Waals surface area contributed by atoms with Gasteiger partial charge in [0.05, 0.1) is 0 Å². The van der Waals surface area contributed by atoms with Gasteiger partial charge in [0.2, 0.25) is 0 Å². The zero-order chi connectivity index (χ0) is 12.7. The number of halogens is 1. The minimum atomic E-state index is 0.304. The van der Waals surface area contributed by atoms with E-state index < -0.39 is 0 Å². The van der Waals surface area contributed by atoms with E-state index in [2.05, 4.69) is 24.1 Å². The van der Waals surface area contributed by atoms with Crippen LogP contribution in [-0.2, 0) is 0 Å². The van der Waals surface area contributed by atoms with Gasteiger partial charge in [-0.3, -0.25) is 0 Å². The third kappa shape index (κ3) is 4.93. The zero-order valence-corrected chi connectivity index (χ0v) is 11.9. The third-order valence-corrected chi connectivity index (χ3v) is 3.82. The highest BCUT2D eigenvalue weighted by Crippen LogP contribution is 2.26. The van der Waals surface area contributed by atoms with Crippen LogP contribution in [0.3, 0.4) is 0 Å². The van der Waals surface area contributed by atoms with E-state index in [0.717, 1.165) is 11.6 Å². The Labute approximate surface area is 112 Å². The van der Waals surface area contributed by atoms with Crippen LogP contribution in [0.15, 0.2) is 0 Å². The van der Waals surface area contributed by atoms with Gasteiger partial charge in [-0.15, -0.1) is 0 Å². The van der Waals surface area contributed by atoms with Crippen LogP contribution in [0, 0.1) is 11.3 Å². The van der Waals surface area contributed by atoms with Gasteiger partial charge in [-0.05, 0) is 13.3 Å². The summed E-state index contributed by atoms with van der Waals surface area (Å²) < 4.78 is 0. The molecule has 0 fully saturated rings. The van der Waals surface area contributed by atoms with Crippen molar-refractivity contribution in [3.05, 3.63) is 10.0 Å². The molecular formula is C12H18ClN3S. The summed E-state index contributed by atoms with van der Waals surface area (Å²) >= 11 is 7.13. The molecule has 1 unspecified atom stereocenters. The molecule has 1 aromatic rings. The molecular weight excluding hydrogens is 254 g/mol. The van der Waals surface area contributed by atoms with Crippen LogP contribution in [0.1, 0.15) is 50.8 Å². The number of rotatable bonds is 7. The van der Waals surface area contributed by atoms with Gasteiger partial charge < -0.3 is 5.32 Å². The van der Waals surface area contributed by atoms with E-state index in [1.165, 1.54) is 37.0 Å². The van der Waals surface area contributed by atoms with Gasteiger partial charge in [-0.1, -0.05) is 55.5 Å². The smallest absolute Gasteiger partial charge is 0.185 e. The quantitative estimate of drug-likeness (QED) is 0.746. The molecule has 0 aromatic carbocycles. The first-order valence-electron chi connectivity index (χ1n) is 6.00. The first-order chi connectivity index (χ1) is 8.17. The predicted octanol–water partition coefficient (Wildman–Crippen LogP) is 4.44. The fourth-order valence-electron chi connectivity index (χ4n) is 1.59. The predicted molar refractivity (Wildman–Crippen MR) is 73.7 cm³/mol. The normalized spacial score (nSPS) is 12.1. The Kier molecular flexibility index (Phi) is 6.31. The Balaban J connectivity index is 2.35. The summed E-state index contributed by atoms with van der Waals surface area (Å²) in [6.07, 6.45) is 6.19. The van der Waals surface area contributed by atoms with Crippen molar-refractivity contribution in [1.82, 2.24) is 4.98 Å². The summed E-state index contributed by atoms with van der Waals surface area (Å²) in [5.41, 5.74) is 0. The highest BCUT2D eigenvalue weighted by Gasteiger charge is 2.10. The third-order valence-electron chi connectivity index (χ3n) is 2.55. The molecule has 0 aliphatic carbocycles. The van der Waals surface area contributed by atoms with Crippen molar-refractivity contribution in [2.75, 3.05) is 5.32 Å². The molecule has 3 nitrogen and oxygen atoms in total. The van der Waals surface area contributed by atoms with E-state index in [-0.39, 0.29) is 0 Å². The molecule has 1 heterocycles. The molecule has 1 N–H and O–H groups in total. The Morgan fingerprint density at radius 2 is 2.24 bits per heavy atom. The number of anilines is 1. The average Bonchev–Trinajstić information content (AvgIpc) is 2.65. The van der Waals surface area contributed by atoms with Gasteiger partial charge in [0.15, 0.2) is 10.3 Å². The summed E-state index contributed by atoms with van der Waals surface area (Å²) in [6.45, 7) is 4.34. The van der Waals surface area contributed by atoms with Crippen LogP contribution >= 0.6 is 22.9 Å². The van der Waals surface area contributed by atoms with Crippen molar-refractivity contribution < 1.29 is 0 Å². The highest BCUT2D eigenvalue weighted by atomic mass is 35.5. The lowest BCUT2D eigenvalue weighted by atomic mass is 10.1. The number of aromatic nitrogens is 1. The second-order valence-corrected chi connectivity index (χ2v) is 5.50. The summed E-state index contributed by atoms with van der Waals surface area (Å²) in [7, 11) is 0. The molecule has 94 valence electrons. The fraction of sp³-hybridized carbons (Fsp3) is 0.667. The van der Waals surface area contributed by atoms with Gasteiger partial charge in [0, 0.05) is 6.04 Å². The summed E-state index contributed by atoms with van der Waals surface area (Å²) in [4.78, 5) is 4.60. The Bertz CT molecular complexity index is 384. The van der Waals surface area contributed by atoms with Crippen LogP contribution in [-0.4, -0.2) is 11.0 Å². The minimum absolute atomic E-state index is 0.304. The van der Waals surface area contributed by atoms with Gasteiger partial charge in [-0.2, -0.15) is 5.26 Å². The summed E-state index contributed by atoms with van der Waals surface area (Å²) in [5, 5.41) is 13.1.